The standard InChI is InChI=1S/C14H21NOS/c1-11-7-8-15(10-13(11)16)9-12-5-3-4-6-14(12)17-2/h3-6,11,13,16H,7-10H2,1-2H3. The summed E-state index contributed by atoms with van der Waals surface area (Å²) in [5.41, 5.74) is 1.38. The summed E-state index contributed by atoms with van der Waals surface area (Å²) < 4.78 is 0. The van der Waals surface area contributed by atoms with Crippen molar-refractivity contribution in [1.29, 1.82) is 0 Å². The largest absolute Gasteiger partial charge is 0.392 e. The smallest absolute Gasteiger partial charge is 0.0693 e. The third-order valence-electron chi connectivity index (χ3n) is 3.59. The van der Waals surface area contributed by atoms with Gasteiger partial charge < -0.3 is 5.11 Å². The maximum Gasteiger partial charge on any atom is 0.0693 e. The maximum atomic E-state index is 9.91. The Morgan fingerprint density at radius 1 is 1.41 bits per heavy atom. The number of aliphatic hydroxyl groups is 1. The molecule has 1 saturated heterocycles. The van der Waals surface area contributed by atoms with Crippen LogP contribution in [-0.4, -0.2) is 35.5 Å². The van der Waals surface area contributed by atoms with E-state index < -0.39 is 0 Å². The van der Waals surface area contributed by atoms with Crippen molar-refractivity contribution in [2.24, 2.45) is 5.92 Å². The molecule has 0 amide bonds. The van der Waals surface area contributed by atoms with Gasteiger partial charge in [-0.3, -0.25) is 4.90 Å². The van der Waals surface area contributed by atoms with Crippen molar-refractivity contribution in [1.82, 2.24) is 4.90 Å². The van der Waals surface area contributed by atoms with E-state index >= 15 is 0 Å². The molecule has 0 radical (unpaired) electrons. The normalized spacial score (nSPS) is 26.1. The summed E-state index contributed by atoms with van der Waals surface area (Å²) in [7, 11) is 0. The first kappa shape index (κ1) is 12.9. The molecule has 2 unspecified atom stereocenters. The van der Waals surface area contributed by atoms with Gasteiger partial charge in [-0.25, -0.2) is 0 Å². The quantitative estimate of drug-likeness (QED) is 0.835. The predicted molar refractivity (Wildman–Crippen MR) is 73.3 cm³/mol. The van der Waals surface area contributed by atoms with Crippen LogP contribution < -0.4 is 0 Å². The Balaban J connectivity index is 2.01. The predicted octanol–water partition coefficient (Wildman–Crippen LogP) is 2.61. The second kappa shape index (κ2) is 5.89. The van der Waals surface area contributed by atoms with Gasteiger partial charge in [0.25, 0.3) is 0 Å². The second-order valence-electron chi connectivity index (χ2n) is 4.88. The number of thioether (sulfide) groups is 1. The molecule has 2 nitrogen and oxygen atoms in total. The molecule has 17 heavy (non-hydrogen) atoms. The Labute approximate surface area is 108 Å². The Bertz CT molecular complexity index is 369. The number of benzene rings is 1. The molecule has 1 aliphatic rings. The minimum absolute atomic E-state index is 0.162. The molecule has 1 aromatic rings. The number of likely N-dealkylation sites (tertiary alicyclic amines) is 1. The Morgan fingerprint density at radius 2 is 2.18 bits per heavy atom. The fraction of sp³-hybridized carbons (Fsp3) is 0.571. The third kappa shape index (κ3) is 3.24. The van der Waals surface area contributed by atoms with E-state index in [4.69, 9.17) is 0 Å². The summed E-state index contributed by atoms with van der Waals surface area (Å²) in [5.74, 6) is 0.446. The van der Waals surface area contributed by atoms with E-state index in [1.54, 1.807) is 11.8 Å². The molecule has 1 heterocycles. The van der Waals surface area contributed by atoms with Crippen LogP contribution in [-0.2, 0) is 6.54 Å². The average molecular weight is 251 g/mol. The minimum atomic E-state index is -0.162. The molecule has 2 rings (SSSR count). The Kier molecular flexibility index (Phi) is 4.48. The molecule has 1 N–H and O–H groups in total. The van der Waals surface area contributed by atoms with Crippen molar-refractivity contribution in [3.05, 3.63) is 29.8 Å². The van der Waals surface area contributed by atoms with E-state index in [-0.39, 0.29) is 6.10 Å². The molecular formula is C14H21NOS. The second-order valence-corrected chi connectivity index (χ2v) is 5.73. The number of hydrogen-bond acceptors (Lipinski definition) is 3. The van der Waals surface area contributed by atoms with Crippen molar-refractivity contribution in [3.8, 4) is 0 Å². The summed E-state index contributed by atoms with van der Waals surface area (Å²) in [4.78, 5) is 3.71. The molecule has 0 aromatic heterocycles. The van der Waals surface area contributed by atoms with Crippen molar-refractivity contribution in [2.45, 2.75) is 30.9 Å². The van der Waals surface area contributed by atoms with Crippen molar-refractivity contribution >= 4 is 11.8 Å². The monoisotopic (exact) mass is 251 g/mol. The molecular weight excluding hydrogens is 230 g/mol. The molecule has 0 aliphatic carbocycles. The molecule has 0 saturated carbocycles. The summed E-state index contributed by atoms with van der Waals surface area (Å²) in [6.07, 6.45) is 3.05. The fourth-order valence-electron chi connectivity index (χ4n) is 2.33. The van der Waals surface area contributed by atoms with Crippen LogP contribution in [0.1, 0.15) is 18.9 Å². The van der Waals surface area contributed by atoms with Gasteiger partial charge in [0.2, 0.25) is 0 Å². The molecule has 3 heteroatoms. The number of hydrogen-bond donors (Lipinski definition) is 1. The topological polar surface area (TPSA) is 23.5 Å². The van der Waals surface area contributed by atoms with Crippen LogP contribution in [0.3, 0.4) is 0 Å². The van der Waals surface area contributed by atoms with Crippen molar-refractivity contribution in [3.63, 3.8) is 0 Å². The first-order valence-corrected chi connectivity index (χ1v) is 7.45. The number of aliphatic hydroxyl groups excluding tert-OH is 1. The van der Waals surface area contributed by atoms with Crippen LogP contribution in [0.15, 0.2) is 29.2 Å². The van der Waals surface area contributed by atoms with E-state index in [2.05, 4.69) is 42.3 Å². The highest BCUT2D eigenvalue weighted by Crippen LogP contribution is 2.24. The van der Waals surface area contributed by atoms with Gasteiger partial charge in [0.1, 0.15) is 0 Å². The van der Waals surface area contributed by atoms with Crippen LogP contribution in [0, 0.1) is 5.92 Å². The lowest BCUT2D eigenvalue weighted by atomic mass is 9.96. The van der Waals surface area contributed by atoms with Gasteiger partial charge in [-0.15, -0.1) is 11.8 Å². The fourth-order valence-corrected chi connectivity index (χ4v) is 2.94. The van der Waals surface area contributed by atoms with Gasteiger partial charge in [-0.2, -0.15) is 0 Å². The molecule has 1 fully saturated rings. The molecule has 2 atom stereocenters. The van der Waals surface area contributed by atoms with E-state index in [0.717, 1.165) is 26.1 Å². The van der Waals surface area contributed by atoms with Crippen molar-refractivity contribution in [2.75, 3.05) is 19.3 Å². The summed E-state index contributed by atoms with van der Waals surface area (Å²) in [6.45, 7) is 5.00. The Hall–Kier alpha value is -0.510. The third-order valence-corrected chi connectivity index (χ3v) is 4.43. The van der Waals surface area contributed by atoms with Gasteiger partial charge >= 0.3 is 0 Å². The Morgan fingerprint density at radius 3 is 2.88 bits per heavy atom. The first-order chi connectivity index (χ1) is 8.20. The SMILES string of the molecule is CSc1ccccc1CN1CCC(C)C(O)C1. The highest BCUT2D eigenvalue weighted by molar-refractivity contribution is 7.98. The lowest BCUT2D eigenvalue weighted by Crippen LogP contribution is -2.42. The number of piperidine rings is 1. The van der Waals surface area contributed by atoms with Gasteiger partial charge in [0.05, 0.1) is 6.10 Å². The number of rotatable bonds is 3. The maximum absolute atomic E-state index is 9.91. The van der Waals surface area contributed by atoms with Crippen molar-refractivity contribution < 1.29 is 5.11 Å². The van der Waals surface area contributed by atoms with Gasteiger partial charge in [-0.1, -0.05) is 25.1 Å². The van der Waals surface area contributed by atoms with Crippen LogP contribution in [0.4, 0.5) is 0 Å². The lowest BCUT2D eigenvalue weighted by Gasteiger charge is -2.34. The van der Waals surface area contributed by atoms with E-state index in [1.807, 2.05) is 0 Å². The number of β-amino-alcohol motifs (C(OH)–C–C–N with tert-alkyl or cyclic N) is 1. The highest BCUT2D eigenvalue weighted by Gasteiger charge is 2.24. The minimum Gasteiger partial charge on any atom is -0.392 e. The van der Waals surface area contributed by atoms with E-state index in [9.17, 15) is 5.11 Å². The van der Waals surface area contributed by atoms with E-state index in [0.29, 0.717) is 5.92 Å². The summed E-state index contributed by atoms with van der Waals surface area (Å²) in [5, 5.41) is 9.91. The zero-order valence-corrected chi connectivity index (χ0v) is 11.4. The van der Waals surface area contributed by atoms with Gasteiger partial charge in [-0.05, 0) is 36.8 Å². The van der Waals surface area contributed by atoms with Crippen LogP contribution in [0.5, 0.6) is 0 Å². The average Bonchev–Trinajstić information content (AvgIpc) is 2.34. The van der Waals surface area contributed by atoms with E-state index in [1.165, 1.54) is 10.5 Å². The van der Waals surface area contributed by atoms with Crippen LogP contribution in [0.2, 0.25) is 0 Å². The van der Waals surface area contributed by atoms with Gasteiger partial charge in [0, 0.05) is 18.0 Å². The summed E-state index contributed by atoms with van der Waals surface area (Å²) >= 11 is 1.80. The molecule has 1 aromatic carbocycles. The zero-order chi connectivity index (χ0) is 12.3. The number of nitrogens with zero attached hydrogens (tertiary/aromatic N) is 1. The van der Waals surface area contributed by atoms with Crippen LogP contribution in [0.25, 0.3) is 0 Å². The highest BCUT2D eigenvalue weighted by atomic mass is 32.2. The molecule has 94 valence electrons. The van der Waals surface area contributed by atoms with Gasteiger partial charge in [0.15, 0.2) is 0 Å². The molecule has 0 bridgehead atoms. The molecule has 1 aliphatic heterocycles. The lowest BCUT2D eigenvalue weighted by molar-refractivity contribution is 0.0256. The molecule has 0 spiro atoms. The summed E-state index contributed by atoms with van der Waals surface area (Å²) in [6, 6.07) is 8.54. The zero-order valence-electron chi connectivity index (χ0n) is 10.6. The first-order valence-electron chi connectivity index (χ1n) is 6.23. The van der Waals surface area contributed by atoms with Crippen LogP contribution >= 0.6 is 11.8 Å².